The fourth-order valence-electron chi connectivity index (χ4n) is 4.27. The number of halogens is 4. The Balaban J connectivity index is 1.68. The maximum absolute atomic E-state index is 13.4. The number of hydrogen-bond donors (Lipinski definition) is 2. The third-order valence-corrected chi connectivity index (χ3v) is 7.86. The Morgan fingerprint density at radius 3 is 2.54 bits per heavy atom. The van der Waals surface area contributed by atoms with Crippen molar-refractivity contribution in [3.8, 4) is 11.6 Å². The maximum atomic E-state index is 13.4. The number of pyridine rings is 1. The van der Waals surface area contributed by atoms with Crippen LogP contribution in [-0.2, 0) is 34.1 Å². The zero-order valence-corrected chi connectivity index (χ0v) is 23.0. The van der Waals surface area contributed by atoms with Crippen LogP contribution in [0, 0.1) is 0 Å². The van der Waals surface area contributed by atoms with Crippen molar-refractivity contribution in [1.29, 1.82) is 0 Å². The Hall–Kier alpha value is -3.59. The lowest BCUT2D eigenvalue weighted by Crippen LogP contribution is -2.47. The van der Waals surface area contributed by atoms with Crippen LogP contribution < -0.4 is 14.2 Å². The van der Waals surface area contributed by atoms with Gasteiger partial charge in [0.2, 0.25) is 5.88 Å². The molecule has 0 saturated carbocycles. The standard InChI is InChI=1S/C26H25ClF3N3O7S/c1-38-10-11-39-21-9-5-8-18-19(21)13-22(40-24-20(27)12-17(14-31-24)26(28,29)30)23(18)32-41(36,37)33(25(34)35)15-16-6-3-2-4-7-16/h2-9,12,14,22-23,32H,10-11,13,15H2,1H3,(H,34,35). The van der Waals surface area contributed by atoms with Crippen LogP contribution in [0.3, 0.4) is 0 Å². The smallest absolute Gasteiger partial charge is 0.422 e. The van der Waals surface area contributed by atoms with Gasteiger partial charge in [-0.1, -0.05) is 54.1 Å². The normalized spacial score (nSPS) is 16.7. The summed E-state index contributed by atoms with van der Waals surface area (Å²) in [6, 6.07) is 12.5. The molecule has 1 aliphatic rings. The number of carbonyl (C=O) groups is 1. The van der Waals surface area contributed by atoms with Gasteiger partial charge in [-0.15, -0.1) is 0 Å². The number of ether oxygens (including phenoxy) is 3. The molecule has 1 aromatic heterocycles. The van der Waals surface area contributed by atoms with Crippen LogP contribution in [0.15, 0.2) is 60.8 Å². The van der Waals surface area contributed by atoms with Gasteiger partial charge in [-0.25, -0.2) is 9.78 Å². The molecule has 3 aromatic rings. The highest BCUT2D eigenvalue weighted by Gasteiger charge is 2.42. The predicted octanol–water partition coefficient (Wildman–Crippen LogP) is 4.84. The molecule has 0 spiro atoms. The second-order valence-corrected chi connectivity index (χ2v) is 10.9. The van der Waals surface area contributed by atoms with E-state index in [1.165, 1.54) is 7.11 Å². The van der Waals surface area contributed by atoms with Crippen molar-refractivity contribution in [2.24, 2.45) is 0 Å². The van der Waals surface area contributed by atoms with Crippen LogP contribution in [0.5, 0.6) is 11.6 Å². The van der Waals surface area contributed by atoms with E-state index in [1.807, 2.05) is 0 Å². The van der Waals surface area contributed by atoms with E-state index in [9.17, 15) is 31.5 Å². The first-order chi connectivity index (χ1) is 19.4. The number of nitrogens with zero attached hydrogens (tertiary/aromatic N) is 2. The molecule has 1 heterocycles. The molecule has 15 heteroatoms. The van der Waals surface area contributed by atoms with Gasteiger partial charge in [-0.05, 0) is 23.3 Å². The number of amides is 1. The van der Waals surface area contributed by atoms with Crippen molar-refractivity contribution in [2.45, 2.75) is 31.3 Å². The third-order valence-electron chi connectivity index (χ3n) is 6.17. The van der Waals surface area contributed by atoms with Crippen molar-refractivity contribution >= 4 is 27.9 Å². The molecule has 0 radical (unpaired) electrons. The number of aromatic nitrogens is 1. The monoisotopic (exact) mass is 615 g/mol. The minimum Gasteiger partial charge on any atom is -0.491 e. The number of benzene rings is 2. The average molecular weight is 616 g/mol. The van der Waals surface area contributed by atoms with E-state index in [1.54, 1.807) is 48.5 Å². The molecule has 2 N–H and O–H groups in total. The molecule has 41 heavy (non-hydrogen) atoms. The highest BCUT2D eigenvalue weighted by molar-refractivity contribution is 7.87. The highest BCUT2D eigenvalue weighted by Crippen LogP contribution is 2.41. The number of fused-ring (bicyclic) bond motifs is 1. The van der Waals surface area contributed by atoms with E-state index < -0.39 is 51.8 Å². The lowest BCUT2D eigenvalue weighted by Gasteiger charge is -2.26. The van der Waals surface area contributed by atoms with E-state index in [2.05, 4.69) is 9.71 Å². The van der Waals surface area contributed by atoms with Gasteiger partial charge in [0.15, 0.2) is 0 Å². The molecule has 0 bridgehead atoms. The van der Waals surface area contributed by atoms with Gasteiger partial charge in [0, 0.05) is 25.3 Å². The summed E-state index contributed by atoms with van der Waals surface area (Å²) in [4.78, 5) is 15.7. The van der Waals surface area contributed by atoms with E-state index in [-0.39, 0.29) is 29.8 Å². The fourth-order valence-corrected chi connectivity index (χ4v) is 5.73. The average Bonchev–Trinajstić information content (AvgIpc) is 3.25. The Bertz CT molecular complexity index is 1490. The van der Waals surface area contributed by atoms with Gasteiger partial charge in [0.05, 0.1) is 24.8 Å². The van der Waals surface area contributed by atoms with Gasteiger partial charge in [0.25, 0.3) is 0 Å². The quantitative estimate of drug-likeness (QED) is 0.294. The topological polar surface area (TPSA) is 127 Å². The molecule has 10 nitrogen and oxygen atoms in total. The summed E-state index contributed by atoms with van der Waals surface area (Å²) in [6.45, 7) is -0.00805. The van der Waals surface area contributed by atoms with Gasteiger partial charge in [-0.2, -0.15) is 30.6 Å². The number of alkyl halides is 3. The van der Waals surface area contributed by atoms with Crippen molar-refractivity contribution in [3.05, 3.63) is 88.1 Å². The van der Waals surface area contributed by atoms with Crippen molar-refractivity contribution < 1.29 is 45.7 Å². The van der Waals surface area contributed by atoms with Gasteiger partial charge < -0.3 is 19.3 Å². The summed E-state index contributed by atoms with van der Waals surface area (Å²) in [5, 5.41) is 9.32. The zero-order chi connectivity index (χ0) is 29.8. The first-order valence-electron chi connectivity index (χ1n) is 12.1. The minimum absolute atomic E-state index is 0.0382. The first kappa shape index (κ1) is 30.4. The van der Waals surface area contributed by atoms with E-state index in [4.69, 9.17) is 25.8 Å². The Morgan fingerprint density at radius 2 is 1.90 bits per heavy atom. The van der Waals surface area contributed by atoms with Gasteiger partial charge in [-0.3, -0.25) is 0 Å². The van der Waals surface area contributed by atoms with Crippen LogP contribution in [0.1, 0.15) is 28.3 Å². The summed E-state index contributed by atoms with van der Waals surface area (Å²) < 4.78 is 85.5. The largest absolute Gasteiger partial charge is 0.491 e. The fraction of sp³-hybridized carbons (Fsp3) is 0.308. The van der Waals surface area contributed by atoms with Gasteiger partial charge >= 0.3 is 22.5 Å². The van der Waals surface area contributed by atoms with E-state index in [0.29, 0.717) is 34.7 Å². The molecule has 0 saturated heterocycles. The molecular formula is C26H25ClF3N3O7S. The summed E-state index contributed by atoms with van der Waals surface area (Å²) in [6.07, 6.45) is -6.91. The molecule has 2 aromatic carbocycles. The van der Waals surface area contributed by atoms with E-state index >= 15 is 0 Å². The van der Waals surface area contributed by atoms with Crippen molar-refractivity contribution in [1.82, 2.24) is 14.0 Å². The van der Waals surface area contributed by atoms with E-state index in [0.717, 1.165) is 0 Å². The Morgan fingerprint density at radius 1 is 1.17 bits per heavy atom. The van der Waals surface area contributed by atoms with Crippen LogP contribution in [-0.4, -0.2) is 55.3 Å². The second-order valence-electron chi connectivity index (χ2n) is 8.91. The number of nitrogens with one attached hydrogen (secondary N) is 1. The third kappa shape index (κ3) is 7.19. The lowest BCUT2D eigenvalue weighted by molar-refractivity contribution is -0.137. The molecule has 4 rings (SSSR count). The molecule has 1 aliphatic carbocycles. The molecule has 0 aliphatic heterocycles. The maximum Gasteiger partial charge on any atom is 0.422 e. The summed E-state index contributed by atoms with van der Waals surface area (Å²) >= 11 is 6.05. The van der Waals surface area contributed by atoms with Crippen LogP contribution in [0.2, 0.25) is 5.02 Å². The second kappa shape index (κ2) is 12.5. The Kier molecular flexibility index (Phi) is 9.27. The van der Waals surface area contributed by atoms with Crippen LogP contribution >= 0.6 is 11.6 Å². The van der Waals surface area contributed by atoms with Crippen molar-refractivity contribution in [2.75, 3.05) is 20.3 Å². The lowest BCUT2D eigenvalue weighted by atomic mass is 10.1. The van der Waals surface area contributed by atoms with Gasteiger partial charge in [0.1, 0.15) is 23.5 Å². The SMILES string of the molecule is COCCOc1cccc2c1CC(Oc1ncc(C(F)(F)F)cc1Cl)C2NS(=O)(=O)N(Cc1ccccc1)C(=O)O. The predicted molar refractivity (Wildman–Crippen MR) is 141 cm³/mol. The summed E-state index contributed by atoms with van der Waals surface area (Å²) in [7, 11) is -3.20. The molecule has 1 amide bonds. The minimum atomic E-state index is -4.70. The molecule has 2 unspecified atom stereocenters. The number of rotatable bonds is 11. The highest BCUT2D eigenvalue weighted by atomic mass is 35.5. The van der Waals surface area contributed by atoms with Crippen LogP contribution in [0.4, 0.5) is 18.0 Å². The first-order valence-corrected chi connectivity index (χ1v) is 13.9. The number of carboxylic acid groups (broad SMARTS) is 1. The molecule has 2 atom stereocenters. The number of methoxy groups -OCH3 is 1. The van der Waals surface area contributed by atoms with Crippen molar-refractivity contribution in [3.63, 3.8) is 0 Å². The Labute approximate surface area is 238 Å². The molecular weight excluding hydrogens is 591 g/mol. The van der Waals surface area contributed by atoms with Crippen LogP contribution in [0.25, 0.3) is 0 Å². The summed E-state index contributed by atoms with van der Waals surface area (Å²) in [5.41, 5.74) is 0.305. The molecule has 0 fully saturated rings. The molecule has 220 valence electrons. The summed E-state index contributed by atoms with van der Waals surface area (Å²) in [5.74, 6) is 0.0450. The zero-order valence-electron chi connectivity index (χ0n) is 21.5. The number of hydrogen-bond acceptors (Lipinski definition) is 7.